The van der Waals surface area contributed by atoms with E-state index in [0.717, 1.165) is 17.8 Å². The molecule has 0 aliphatic heterocycles. The molecule has 2 fully saturated rings. The summed E-state index contributed by atoms with van der Waals surface area (Å²) < 4.78 is 0. The Labute approximate surface area is 88.4 Å². The highest BCUT2D eigenvalue weighted by Gasteiger charge is 2.33. The van der Waals surface area contributed by atoms with Gasteiger partial charge in [0.2, 0.25) is 0 Å². The van der Waals surface area contributed by atoms with Gasteiger partial charge in [-0.15, -0.1) is 0 Å². The van der Waals surface area contributed by atoms with Crippen LogP contribution in [0, 0.1) is 17.8 Å². The van der Waals surface area contributed by atoms with E-state index in [1.165, 1.54) is 51.4 Å². The van der Waals surface area contributed by atoms with Crippen LogP contribution in [0.1, 0.15) is 58.3 Å². The fourth-order valence-corrected chi connectivity index (χ4v) is 3.59. The van der Waals surface area contributed by atoms with E-state index in [9.17, 15) is 0 Å². The third-order valence-electron chi connectivity index (χ3n) is 4.60. The largest absolute Gasteiger partial charge is 0.327 e. The second kappa shape index (κ2) is 4.65. The lowest BCUT2D eigenvalue weighted by Gasteiger charge is -2.40. The summed E-state index contributed by atoms with van der Waals surface area (Å²) in [5.41, 5.74) is 6.35. The molecule has 14 heavy (non-hydrogen) atoms. The first-order chi connectivity index (χ1) is 6.79. The minimum atomic E-state index is 0.506. The van der Waals surface area contributed by atoms with Crippen LogP contribution in [0.15, 0.2) is 0 Å². The van der Waals surface area contributed by atoms with Crippen molar-refractivity contribution in [3.8, 4) is 0 Å². The van der Waals surface area contributed by atoms with Crippen molar-refractivity contribution < 1.29 is 0 Å². The fourth-order valence-electron chi connectivity index (χ4n) is 3.59. The Bertz CT molecular complexity index is 172. The SMILES string of the molecule is CC1CCCC(C2CCCCC2)C1N. The molecular weight excluding hydrogens is 170 g/mol. The van der Waals surface area contributed by atoms with Crippen molar-refractivity contribution >= 4 is 0 Å². The second-order valence-corrected chi connectivity index (χ2v) is 5.55. The Morgan fingerprint density at radius 2 is 1.57 bits per heavy atom. The van der Waals surface area contributed by atoms with E-state index in [-0.39, 0.29) is 0 Å². The summed E-state index contributed by atoms with van der Waals surface area (Å²) >= 11 is 0. The van der Waals surface area contributed by atoms with Gasteiger partial charge in [-0.05, 0) is 30.6 Å². The second-order valence-electron chi connectivity index (χ2n) is 5.55. The number of nitrogens with two attached hydrogens (primary N) is 1. The Hall–Kier alpha value is -0.0400. The first-order valence-electron chi connectivity index (χ1n) is 6.54. The minimum absolute atomic E-state index is 0.506. The van der Waals surface area contributed by atoms with Crippen molar-refractivity contribution in [3.63, 3.8) is 0 Å². The molecule has 0 radical (unpaired) electrons. The van der Waals surface area contributed by atoms with Crippen LogP contribution < -0.4 is 5.73 Å². The Kier molecular flexibility index (Phi) is 3.48. The molecule has 2 aliphatic carbocycles. The molecule has 0 saturated heterocycles. The lowest BCUT2D eigenvalue weighted by Crippen LogP contribution is -2.43. The van der Waals surface area contributed by atoms with Gasteiger partial charge in [-0.3, -0.25) is 0 Å². The molecule has 2 saturated carbocycles. The van der Waals surface area contributed by atoms with Gasteiger partial charge in [-0.2, -0.15) is 0 Å². The summed E-state index contributed by atoms with van der Waals surface area (Å²) in [6.07, 6.45) is 11.5. The van der Waals surface area contributed by atoms with Crippen LogP contribution in [0.25, 0.3) is 0 Å². The van der Waals surface area contributed by atoms with Crippen LogP contribution in [0.4, 0.5) is 0 Å². The topological polar surface area (TPSA) is 26.0 Å². The van der Waals surface area contributed by atoms with E-state index in [2.05, 4.69) is 6.92 Å². The van der Waals surface area contributed by atoms with Crippen molar-refractivity contribution in [3.05, 3.63) is 0 Å². The quantitative estimate of drug-likeness (QED) is 0.682. The molecule has 0 amide bonds. The van der Waals surface area contributed by atoms with Gasteiger partial charge in [0.25, 0.3) is 0 Å². The standard InChI is InChI=1S/C13H25N/c1-10-6-5-9-12(13(10)14)11-7-3-2-4-8-11/h10-13H,2-9,14H2,1H3. The number of rotatable bonds is 1. The molecule has 2 N–H and O–H groups in total. The summed E-state index contributed by atoms with van der Waals surface area (Å²) in [6.45, 7) is 2.35. The maximum Gasteiger partial charge on any atom is 0.00956 e. The number of hydrogen-bond acceptors (Lipinski definition) is 1. The summed E-state index contributed by atoms with van der Waals surface area (Å²) in [7, 11) is 0. The molecule has 0 aromatic carbocycles. The molecule has 0 heterocycles. The smallest absolute Gasteiger partial charge is 0.00956 e. The average Bonchev–Trinajstić information content (AvgIpc) is 2.23. The van der Waals surface area contributed by atoms with Crippen molar-refractivity contribution in [2.75, 3.05) is 0 Å². The first kappa shape index (κ1) is 10.5. The zero-order chi connectivity index (χ0) is 9.97. The van der Waals surface area contributed by atoms with Crippen LogP contribution in [0.5, 0.6) is 0 Å². The molecular formula is C13H25N. The summed E-state index contributed by atoms with van der Waals surface area (Å²) in [5.74, 6) is 2.61. The van der Waals surface area contributed by atoms with Gasteiger partial charge in [0.15, 0.2) is 0 Å². The molecule has 0 aromatic rings. The average molecular weight is 195 g/mol. The molecule has 0 spiro atoms. The first-order valence-corrected chi connectivity index (χ1v) is 6.54. The van der Waals surface area contributed by atoms with Gasteiger partial charge in [-0.25, -0.2) is 0 Å². The molecule has 1 nitrogen and oxygen atoms in total. The van der Waals surface area contributed by atoms with Gasteiger partial charge < -0.3 is 5.73 Å². The Morgan fingerprint density at radius 1 is 0.857 bits per heavy atom. The Morgan fingerprint density at radius 3 is 2.29 bits per heavy atom. The van der Waals surface area contributed by atoms with E-state index in [1.54, 1.807) is 0 Å². The van der Waals surface area contributed by atoms with Gasteiger partial charge in [0.1, 0.15) is 0 Å². The van der Waals surface area contributed by atoms with Crippen molar-refractivity contribution in [2.45, 2.75) is 64.3 Å². The van der Waals surface area contributed by atoms with Gasteiger partial charge >= 0.3 is 0 Å². The van der Waals surface area contributed by atoms with E-state index in [1.807, 2.05) is 0 Å². The van der Waals surface area contributed by atoms with Gasteiger partial charge in [0.05, 0.1) is 0 Å². The highest BCUT2D eigenvalue weighted by molar-refractivity contribution is 4.87. The fraction of sp³-hybridized carbons (Fsp3) is 1.00. The lowest BCUT2D eigenvalue weighted by atomic mass is 9.68. The normalized spacial score (nSPS) is 41.1. The van der Waals surface area contributed by atoms with Gasteiger partial charge in [-0.1, -0.05) is 45.4 Å². The summed E-state index contributed by atoms with van der Waals surface area (Å²) in [6, 6.07) is 0.506. The van der Waals surface area contributed by atoms with Crippen molar-refractivity contribution in [2.24, 2.45) is 23.5 Å². The van der Waals surface area contributed by atoms with Crippen LogP contribution in [0.2, 0.25) is 0 Å². The molecule has 0 bridgehead atoms. The molecule has 3 atom stereocenters. The van der Waals surface area contributed by atoms with Crippen LogP contribution in [-0.4, -0.2) is 6.04 Å². The summed E-state index contributed by atoms with van der Waals surface area (Å²) in [5, 5.41) is 0. The van der Waals surface area contributed by atoms with Crippen LogP contribution >= 0.6 is 0 Å². The molecule has 3 unspecified atom stereocenters. The monoisotopic (exact) mass is 195 g/mol. The minimum Gasteiger partial charge on any atom is -0.327 e. The highest BCUT2D eigenvalue weighted by atomic mass is 14.7. The third-order valence-corrected chi connectivity index (χ3v) is 4.60. The van der Waals surface area contributed by atoms with Crippen molar-refractivity contribution in [1.29, 1.82) is 0 Å². The molecule has 1 heteroatoms. The Balaban J connectivity index is 1.93. The predicted molar refractivity (Wildman–Crippen MR) is 61.1 cm³/mol. The zero-order valence-electron chi connectivity index (χ0n) is 9.54. The van der Waals surface area contributed by atoms with E-state index in [0.29, 0.717) is 6.04 Å². The summed E-state index contributed by atoms with van der Waals surface area (Å²) in [4.78, 5) is 0. The third kappa shape index (κ3) is 2.13. The van der Waals surface area contributed by atoms with E-state index < -0.39 is 0 Å². The predicted octanol–water partition coefficient (Wildman–Crippen LogP) is 3.33. The number of hydrogen-bond donors (Lipinski definition) is 1. The molecule has 82 valence electrons. The van der Waals surface area contributed by atoms with Gasteiger partial charge in [0, 0.05) is 6.04 Å². The van der Waals surface area contributed by atoms with Crippen LogP contribution in [-0.2, 0) is 0 Å². The van der Waals surface area contributed by atoms with E-state index in [4.69, 9.17) is 5.73 Å². The highest BCUT2D eigenvalue weighted by Crippen LogP contribution is 2.39. The van der Waals surface area contributed by atoms with E-state index >= 15 is 0 Å². The lowest BCUT2D eigenvalue weighted by molar-refractivity contribution is 0.137. The maximum atomic E-state index is 6.35. The molecule has 2 aliphatic rings. The molecule has 2 rings (SSSR count). The zero-order valence-corrected chi connectivity index (χ0v) is 9.54. The van der Waals surface area contributed by atoms with Crippen LogP contribution in [0.3, 0.4) is 0 Å². The van der Waals surface area contributed by atoms with Crippen molar-refractivity contribution in [1.82, 2.24) is 0 Å². The molecule has 0 aromatic heterocycles. The maximum absolute atomic E-state index is 6.35.